The van der Waals surface area contributed by atoms with Crippen LogP contribution in [-0.2, 0) is 4.74 Å². The molecule has 0 radical (unpaired) electrons. The molecule has 1 aliphatic carbocycles. The van der Waals surface area contributed by atoms with Crippen molar-refractivity contribution < 1.29 is 9.66 Å². The van der Waals surface area contributed by atoms with Crippen LogP contribution in [0.4, 0.5) is 5.69 Å². The normalized spacial score (nSPS) is 17.6. The first kappa shape index (κ1) is 15.9. The van der Waals surface area contributed by atoms with Gasteiger partial charge in [-0.3, -0.25) is 10.1 Å². The van der Waals surface area contributed by atoms with Crippen LogP contribution in [0.25, 0.3) is 0 Å². The molecule has 1 unspecified atom stereocenters. The molecule has 0 aromatic heterocycles. The zero-order chi connectivity index (χ0) is 15.1. The number of nitrogens with one attached hydrogen (secondary N) is 1. The van der Waals surface area contributed by atoms with E-state index in [-0.39, 0.29) is 16.7 Å². The Bertz CT molecular complexity index is 441. The predicted molar refractivity (Wildman–Crippen MR) is 82.3 cm³/mol. The molecular weight excluding hydrogens is 268 g/mol. The van der Waals surface area contributed by atoms with Crippen molar-refractivity contribution in [3.8, 4) is 0 Å². The van der Waals surface area contributed by atoms with Gasteiger partial charge < -0.3 is 10.1 Å². The second-order valence-corrected chi connectivity index (χ2v) is 5.66. The van der Waals surface area contributed by atoms with Crippen LogP contribution in [0, 0.1) is 10.1 Å². The van der Waals surface area contributed by atoms with E-state index in [1.807, 2.05) is 0 Å². The number of hydrogen-bond donors (Lipinski definition) is 1. The SMILES string of the molecule is CC(NCCOC1CCCCC1)c1ccc([N+](=O)[O-])cc1. The van der Waals surface area contributed by atoms with Crippen LogP contribution in [0.5, 0.6) is 0 Å². The third-order valence-corrected chi connectivity index (χ3v) is 4.06. The molecule has 1 fully saturated rings. The van der Waals surface area contributed by atoms with Gasteiger partial charge in [-0.2, -0.15) is 0 Å². The van der Waals surface area contributed by atoms with Crippen LogP contribution in [0.1, 0.15) is 50.6 Å². The second-order valence-electron chi connectivity index (χ2n) is 5.66. The summed E-state index contributed by atoms with van der Waals surface area (Å²) >= 11 is 0. The first-order chi connectivity index (χ1) is 10.2. The Labute approximate surface area is 125 Å². The Morgan fingerprint density at radius 1 is 1.29 bits per heavy atom. The molecule has 0 amide bonds. The smallest absolute Gasteiger partial charge is 0.269 e. The van der Waals surface area contributed by atoms with Gasteiger partial charge in [-0.25, -0.2) is 0 Å². The topological polar surface area (TPSA) is 64.4 Å². The van der Waals surface area contributed by atoms with E-state index in [1.54, 1.807) is 24.3 Å². The summed E-state index contributed by atoms with van der Waals surface area (Å²) in [5.74, 6) is 0. The van der Waals surface area contributed by atoms with Crippen LogP contribution in [0.2, 0.25) is 0 Å². The molecule has 0 spiro atoms. The van der Waals surface area contributed by atoms with Gasteiger partial charge in [0.25, 0.3) is 5.69 Å². The Kier molecular flexibility index (Phi) is 6.14. The van der Waals surface area contributed by atoms with E-state index in [4.69, 9.17) is 4.74 Å². The maximum atomic E-state index is 10.6. The van der Waals surface area contributed by atoms with E-state index in [1.165, 1.54) is 32.1 Å². The van der Waals surface area contributed by atoms with Gasteiger partial charge >= 0.3 is 0 Å². The molecule has 0 bridgehead atoms. The van der Waals surface area contributed by atoms with Crippen LogP contribution in [-0.4, -0.2) is 24.2 Å². The molecule has 0 heterocycles. The number of nitro benzene ring substituents is 1. The maximum absolute atomic E-state index is 10.6. The second kappa shape index (κ2) is 8.10. The minimum absolute atomic E-state index is 0.131. The molecule has 1 aliphatic rings. The van der Waals surface area contributed by atoms with E-state index in [0.717, 1.165) is 18.7 Å². The quantitative estimate of drug-likeness (QED) is 0.474. The Balaban J connectivity index is 1.68. The first-order valence-electron chi connectivity index (χ1n) is 7.76. The summed E-state index contributed by atoms with van der Waals surface area (Å²) in [7, 11) is 0. The van der Waals surface area contributed by atoms with Crippen molar-refractivity contribution in [2.75, 3.05) is 13.2 Å². The average molecular weight is 292 g/mol. The number of ether oxygens (including phenoxy) is 1. The third-order valence-electron chi connectivity index (χ3n) is 4.06. The summed E-state index contributed by atoms with van der Waals surface area (Å²) in [6, 6.07) is 6.87. The van der Waals surface area contributed by atoms with Gasteiger partial charge in [0.1, 0.15) is 0 Å². The highest BCUT2D eigenvalue weighted by atomic mass is 16.6. The molecule has 1 aromatic rings. The van der Waals surface area contributed by atoms with Gasteiger partial charge in [-0.15, -0.1) is 0 Å². The lowest BCUT2D eigenvalue weighted by molar-refractivity contribution is -0.384. The number of nitrogens with zero attached hydrogens (tertiary/aromatic N) is 1. The third kappa shape index (κ3) is 5.10. The summed E-state index contributed by atoms with van der Waals surface area (Å²) in [4.78, 5) is 10.2. The number of rotatable bonds is 7. The van der Waals surface area contributed by atoms with Gasteiger partial charge in [0, 0.05) is 24.7 Å². The van der Waals surface area contributed by atoms with E-state index in [9.17, 15) is 10.1 Å². The highest BCUT2D eigenvalue weighted by Gasteiger charge is 2.13. The average Bonchev–Trinajstić information content (AvgIpc) is 2.52. The van der Waals surface area contributed by atoms with E-state index < -0.39 is 0 Å². The fourth-order valence-electron chi connectivity index (χ4n) is 2.74. The number of benzene rings is 1. The maximum Gasteiger partial charge on any atom is 0.269 e. The highest BCUT2D eigenvalue weighted by molar-refractivity contribution is 5.33. The van der Waals surface area contributed by atoms with E-state index in [0.29, 0.717) is 6.10 Å². The monoisotopic (exact) mass is 292 g/mol. The molecule has 21 heavy (non-hydrogen) atoms. The Hall–Kier alpha value is -1.46. The van der Waals surface area contributed by atoms with E-state index in [2.05, 4.69) is 12.2 Å². The minimum atomic E-state index is -0.375. The molecule has 5 nitrogen and oxygen atoms in total. The molecule has 2 rings (SSSR count). The van der Waals surface area contributed by atoms with Gasteiger partial charge in [0.15, 0.2) is 0 Å². The van der Waals surface area contributed by atoms with Gasteiger partial charge in [-0.1, -0.05) is 31.4 Å². The molecule has 1 saturated carbocycles. The van der Waals surface area contributed by atoms with Gasteiger partial charge in [-0.05, 0) is 25.3 Å². The molecular formula is C16H24N2O3. The predicted octanol–water partition coefficient (Wildman–Crippen LogP) is 3.59. The van der Waals surface area contributed by atoms with E-state index >= 15 is 0 Å². The van der Waals surface area contributed by atoms with Crippen molar-refractivity contribution in [1.82, 2.24) is 5.32 Å². The lowest BCUT2D eigenvalue weighted by atomic mass is 9.98. The van der Waals surface area contributed by atoms with Crippen molar-refractivity contribution >= 4 is 5.69 Å². The van der Waals surface area contributed by atoms with Crippen LogP contribution in [0.15, 0.2) is 24.3 Å². The largest absolute Gasteiger partial charge is 0.377 e. The van der Waals surface area contributed by atoms with Crippen LogP contribution in [0.3, 0.4) is 0 Å². The number of hydrogen-bond acceptors (Lipinski definition) is 4. The van der Waals surface area contributed by atoms with Crippen LogP contribution < -0.4 is 5.32 Å². The molecule has 0 saturated heterocycles. The fraction of sp³-hybridized carbons (Fsp3) is 0.625. The highest BCUT2D eigenvalue weighted by Crippen LogP contribution is 2.20. The molecule has 0 aliphatic heterocycles. The molecule has 1 atom stereocenters. The van der Waals surface area contributed by atoms with Crippen molar-refractivity contribution in [3.63, 3.8) is 0 Å². The summed E-state index contributed by atoms with van der Waals surface area (Å²) in [6.07, 6.45) is 6.75. The zero-order valence-electron chi connectivity index (χ0n) is 12.6. The van der Waals surface area contributed by atoms with Gasteiger partial charge in [0.2, 0.25) is 0 Å². The minimum Gasteiger partial charge on any atom is -0.377 e. The van der Waals surface area contributed by atoms with Gasteiger partial charge in [0.05, 0.1) is 17.6 Å². The fourth-order valence-corrected chi connectivity index (χ4v) is 2.74. The molecule has 1 N–H and O–H groups in total. The molecule has 1 aromatic carbocycles. The summed E-state index contributed by atoms with van der Waals surface area (Å²) < 4.78 is 5.87. The van der Waals surface area contributed by atoms with Crippen molar-refractivity contribution in [1.29, 1.82) is 0 Å². The molecule has 5 heteroatoms. The number of nitro groups is 1. The summed E-state index contributed by atoms with van der Waals surface area (Å²) in [5.41, 5.74) is 1.19. The van der Waals surface area contributed by atoms with Crippen LogP contribution >= 0.6 is 0 Å². The Morgan fingerprint density at radius 3 is 2.57 bits per heavy atom. The summed E-state index contributed by atoms with van der Waals surface area (Å²) in [5, 5.41) is 14.0. The van der Waals surface area contributed by atoms with Crippen molar-refractivity contribution in [2.45, 2.75) is 51.2 Å². The zero-order valence-corrected chi connectivity index (χ0v) is 12.6. The lowest BCUT2D eigenvalue weighted by Crippen LogP contribution is -2.26. The Morgan fingerprint density at radius 2 is 1.95 bits per heavy atom. The summed E-state index contributed by atoms with van der Waals surface area (Å²) in [6.45, 7) is 3.58. The number of non-ortho nitro benzene ring substituents is 1. The lowest BCUT2D eigenvalue weighted by Gasteiger charge is -2.22. The molecule has 116 valence electrons. The van der Waals surface area contributed by atoms with Crippen molar-refractivity contribution in [3.05, 3.63) is 39.9 Å². The van der Waals surface area contributed by atoms with Crippen molar-refractivity contribution in [2.24, 2.45) is 0 Å². The standard InChI is InChI=1S/C16H24N2O3/c1-13(14-7-9-15(10-8-14)18(19)20)17-11-12-21-16-5-3-2-4-6-16/h7-10,13,16-17H,2-6,11-12H2,1H3. The first-order valence-corrected chi connectivity index (χ1v) is 7.76.